The monoisotopic (exact) mass is 341 g/mol. The number of aromatic nitrogens is 4. The number of hydrogen-bond acceptors (Lipinski definition) is 7. The molecule has 1 unspecified atom stereocenters. The van der Waals surface area contributed by atoms with Gasteiger partial charge in [0.2, 0.25) is 11.7 Å². The molecule has 0 saturated carbocycles. The first-order valence-corrected chi connectivity index (χ1v) is 7.47. The molecule has 25 heavy (non-hydrogen) atoms. The molecular formula is C16H15N5O4. The Balaban J connectivity index is 1.56. The van der Waals surface area contributed by atoms with E-state index in [1.165, 1.54) is 25.4 Å². The van der Waals surface area contributed by atoms with E-state index < -0.39 is 18.0 Å². The van der Waals surface area contributed by atoms with E-state index >= 15 is 0 Å². The maximum atomic E-state index is 12.1. The quantitative estimate of drug-likeness (QED) is 0.676. The van der Waals surface area contributed by atoms with Crippen LogP contribution in [-0.2, 0) is 16.1 Å². The third-order valence-corrected chi connectivity index (χ3v) is 3.19. The Morgan fingerprint density at radius 1 is 1.24 bits per heavy atom. The van der Waals surface area contributed by atoms with Crippen molar-refractivity contribution >= 4 is 17.8 Å². The van der Waals surface area contributed by atoms with Crippen molar-refractivity contribution in [3.05, 3.63) is 60.6 Å². The molecule has 0 fully saturated rings. The first kappa shape index (κ1) is 16.4. The molecule has 0 bridgehead atoms. The molecule has 0 aliphatic heterocycles. The molecule has 0 spiro atoms. The molecule has 1 atom stereocenters. The van der Waals surface area contributed by atoms with Crippen LogP contribution in [-0.4, -0.2) is 37.7 Å². The highest BCUT2D eigenvalue weighted by atomic mass is 16.6. The highest BCUT2D eigenvalue weighted by Crippen LogP contribution is 2.12. The number of anilines is 1. The second kappa shape index (κ2) is 7.39. The summed E-state index contributed by atoms with van der Waals surface area (Å²) >= 11 is 0. The van der Waals surface area contributed by atoms with Crippen molar-refractivity contribution < 1.29 is 18.7 Å². The molecule has 9 heteroatoms. The first-order chi connectivity index (χ1) is 12.1. The molecule has 1 N–H and O–H groups in total. The second-order valence-corrected chi connectivity index (χ2v) is 5.08. The van der Waals surface area contributed by atoms with Gasteiger partial charge in [-0.25, -0.2) is 14.8 Å². The Labute approximate surface area is 142 Å². The highest BCUT2D eigenvalue weighted by molar-refractivity contribution is 5.95. The zero-order valence-corrected chi connectivity index (χ0v) is 13.3. The van der Waals surface area contributed by atoms with Crippen LogP contribution < -0.4 is 5.32 Å². The number of esters is 1. The SMILES string of the molecule is CC(OC(=O)c1ccc(Cn2cccn2)o1)C(=O)Nc1ncccn1. The molecule has 3 aromatic rings. The van der Waals surface area contributed by atoms with Gasteiger partial charge in [-0.2, -0.15) is 5.10 Å². The van der Waals surface area contributed by atoms with Crippen molar-refractivity contribution in [2.45, 2.75) is 19.6 Å². The van der Waals surface area contributed by atoms with Crippen LogP contribution in [0, 0.1) is 0 Å². The fraction of sp³-hybridized carbons (Fsp3) is 0.188. The van der Waals surface area contributed by atoms with Gasteiger partial charge in [-0.05, 0) is 31.2 Å². The average Bonchev–Trinajstić information content (AvgIpc) is 3.28. The molecular weight excluding hydrogens is 326 g/mol. The van der Waals surface area contributed by atoms with Gasteiger partial charge in [0.15, 0.2) is 6.10 Å². The van der Waals surface area contributed by atoms with Crippen molar-refractivity contribution in [3.63, 3.8) is 0 Å². The number of amides is 1. The molecule has 128 valence electrons. The molecule has 3 heterocycles. The number of carbonyl (C=O) groups excluding carboxylic acids is 2. The Hall–Kier alpha value is -3.49. The normalized spacial score (nSPS) is 11.7. The van der Waals surface area contributed by atoms with Gasteiger partial charge < -0.3 is 9.15 Å². The smallest absolute Gasteiger partial charge is 0.375 e. The van der Waals surface area contributed by atoms with E-state index in [9.17, 15) is 9.59 Å². The van der Waals surface area contributed by atoms with E-state index in [1.54, 1.807) is 35.3 Å². The number of ether oxygens (including phenoxy) is 1. The lowest BCUT2D eigenvalue weighted by Gasteiger charge is -2.11. The van der Waals surface area contributed by atoms with Crippen molar-refractivity contribution in [2.75, 3.05) is 5.32 Å². The van der Waals surface area contributed by atoms with Gasteiger partial charge in [0.1, 0.15) is 5.76 Å². The highest BCUT2D eigenvalue weighted by Gasteiger charge is 2.22. The van der Waals surface area contributed by atoms with Gasteiger partial charge in [-0.15, -0.1) is 0 Å². The van der Waals surface area contributed by atoms with E-state index in [0.29, 0.717) is 12.3 Å². The molecule has 1 amide bonds. The number of rotatable bonds is 6. The van der Waals surface area contributed by atoms with Crippen molar-refractivity contribution in [1.29, 1.82) is 0 Å². The maximum absolute atomic E-state index is 12.1. The fourth-order valence-corrected chi connectivity index (χ4v) is 1.97. The topological polar surface area (TPSA) is 112 Å². The standard InChI is InChI=1S/C16H15N5O4/c1-11(14(22)20-16-17-6-2-7-18-16)24-15(23)13-5-4-12(25-13)10-21-9-3-8-19-21/h2-9,11H,10H2,1H3,(H,17,18,20,22). The van der Waals surface area contributed by atoms with Gasteiger partial charge in [0.05, 0.1) is 6.54 Å². The summed E-state index contributed by atoms with van der Waals surface area (Å²) in [7, 11) is 0. The molecule has 0 aliphatic rings. The predicted molar refractivity (Wildman–Crippen MR) is 85.6 cm³/mol. The third kappa shape index (κ3) is 4.28. The van der Waals surface area contributed by atoms with Crippen molar-refractivity contribution in [1.82, 2.24) is 19.7 Å². The van der Waals surface area contributed by atoms with Gasteiger partial charge in [-0.3, -0.25) is 14.8 Å². The largest absolute Gasteiger partial charge is 0.452 e. The fourth-order valence-electron chi connectivity index (χ4n) is 1.97. The number of hydrogen-bond donors (Lipinski definition) is 1. The summed E-state index contributed by atoms with van der Waals surface area (Å²) < 4.78 is 12.2. The van der Waals surface area contributed by atoms with Gasteiger partial charge >= 0.3 is 5.97 Å². The van der Waals surface area contributed by atoms with Crippen LogP contribution in [0.25, 0.3) is 0 Å². The summed E-state index contributed by atoms with van der Waals surface area (Å²) in [6.07, 6.45) is 5.37. The minimum absolute atomic E-state index is 0.0118. The zero-order chi connectivity index (χ0) is 17.6. The van der Waals surface area contributed by atoms with Crippen LogP contribution in [0.1, 0.15) is 23.2 Å². The summed E-state index contributed by atoms with van der Waals surface area (Å²) in [5, 5.41) is 6.51. The van der Waals surface area contributed by atoms with Crippen LogP contribution in [0.15, 0.2) is 53.5 Å². The van der Waals surface area contributed by atoms with Gasteiger partial charge in [0.25, 0.3) is 5.91 Å². The van der Waals surface area contributed by atoms with Crippen LogP contribution in [0.3, 0.4) is 0 Å². The Kier molecular flexibility index (Phi) is 4.84. The molecule has 3 aromatic heterocycles. The molecule has 9 nitrogen and oxygen atoms in total. The Morgan fingerprint density at radius 2 is 2.04 bits per heavy atom. The number of nitrogens with zero attached hydrogens (tertiary/aromatic N) is 4. The van der Waals surface area contributed by atoms with E-state index in [2.05, 4.69) is 20.4 Å². The van der Waals surface area contributed by atoms with E-state index in [4.69, 9.17) is 9.15 Å². The third-order valence-electron chi connectivity index (χ3n) is 3.19. The Morgan fingerprint density at radius 3 is 2.76 bits per heavy atom. The maximum Gasteiger partial charge on any atom is 0.375 e. The lowest BCUT2D eigenvalue weighted by atomic mass is 10.3. The summed E-state index contributed by atoms with van der Waals surface area (Å²) in [5.41, 5.74) is 0. The van der Waals surface area contributed by atoms with Crippen LogP contribution >= 0.6 is 0 Å². The minimum Gasteiger partial charge on any atom is -0.452 e. The molecule has 0 radical (unpaired) electrons. The minimum atomic E-state index is -1.03. The summed E-state index contributed by atoms with van der Waals surface area (Å²) in [5.74, 6) is -0.579. The van der Waals surface area contributed by atoms with E-state index in [-0.39, 0.29) is 11.7 Å². The molecule has 3 rings (SSSR count). The summed E-state index contributed by atoms with van der Waals surface area (Å²) in [6, 6.07) is 6.55. The average molecular weight is 341 g/mol. The number of nitrogens with one attached hydrogen (secondary N) is 1. The predicted octanol–water partition coefficient (Wildman–Crippen LogP) is 1.50. The van der Waals surface area contributed by atoms with Crippen LogP contribution in [0.2, 0.25) is 0 Å². The lowest BCUT2D eigenvalue weighted by molar-refractivity contribution is -0.123. The number of furan rings is 1. The second-order valence-electron chi connectivity index (χ2n) is 5.08. The lowest BCUT2D eigenvalue weighted by Crippen LogP contribution is -2.30. The van der Waals surface area contributed by atoms with E-state index in [1.807, 2.05) is 0 Å². The van der Waals surface area contributed by atoms with Crippen LogP contribution in [0.5, 0.6) is 0 Å². The first-order valence-electron chi connectivity index (χ1n) is 7.47. The summed E-state index contributed by atoms with van der Waals surface area (Å²) in [4.78, 5) is 31.8. The molecule has 0 saturated heterocycles. The van der Waals surface area contributed by atoms with Crippen LogP contribution in [0.4, 0.5) is 5.95 Å². The Bertz CT molecular complexity index is 845. The zero-order valence-electron chi connectivity index (χ0n) is 13.3. The number of carbonyl (C=O) groups is 2. The van der Waals surface area contributed by atoms with Crippen molar-refractivity contribution in [3.8, 4) is 0 Å². The van der Waals surface area contributed by atoms with Gasteiger partial charge in [0, 0.05) is 24.8 Å². The summed E-state index contributed by atoms with van der Waals surface area (Å²) in [6.45, 7) is 1.84. The molecule has 0 aromatic carbocycles. The van der Waals surface area contributed by atoms with E-state index in [0.717, 1.165) is 0 Å². The van der Waals surface area contributed by atoms with Gasteiger partial charge in [-0.1, -0.05) is 0 Å². The molecule has 0 aliphatic carbocycles. The van der Waals surface area contributed by atoms with Crippen molar-refractivity contribution in [2.24, 2.45) is 0 Å².